The lowest BCUT2D eigenvalue weighted by Gasteiger charge is -2.23. The van der Waals surface area contributed by atoms with Gasteiger partial charge in [0.25, 0.3) is 10.1 Å². The Morgan fingerprint density at radius 3 is 2.41 bits per heavy atom. The van der Waals surface area contributed by atoms with Crippen molar-refractivity contribution in [2.45, 2.75) is 18.4 Å². The maximum atomic E-state index is 11.2. The van der Waals surface area contributed by atoms with Gasteiger partial charge in [0.1, 0.15) is 0 Å². The number of anilines is 1. The Bertz CT molecular complexity index is 758. The summed E-state index contributed by atoms with van der Waals surface area (Å²) in [4.78, 5) is 1.95. The molecule has 116 valence electrons. The molecule has 0 heterocycles. The van der Waals surface area contributed by atoms with E-state index in [1.165, 1.54) is 12.1 Å². The van der Waals surface area contributed by atoms with Crippen LogP contribution in [0.3, 0.4) is 0 Å². The average Bonchev–Trinajstić information content (AvgIpc) is 2.52. The van der Waals surface area contributed by atoms with Crippen molar-refractivity contribution >= 4 is 21.5 Å². The monoisotopic (exact) mass is 319 g/mol. The summed E-state index contributed by atoms with van der Waals surface area (Å²) in [5, 5.41) is 3.36. The van der Waals surface area contributed by atoms with Gasteiger partial charge in [-0.25, -0.2) is 5.53 Å². The molecular formula is C15H17N3O3S. The zero-order valence-corrected chi connectivity index (χ0v) is 12.9. The highest BCUT2D eigenvalue weighted by atomic mass is 32.2. The largest absolute Gasteiger partial charge is 0.367 e. The van der Waals surface area contributed by atoms with E-state index in [0.29, 0.717) is 12.2 Å². The van der Waals surface area contributed by atoms with E-state index in [4.69, 9.17) is 10.1 Å². The Labute approximate surface area is 129 Å². The Balaban J connectivity index is 2.24. The van der Waals surface area contributed by atoms with Gasteiger partial charge >= 0.3 is 0 Å². The molecule has 0 aliphatic heterocycles. The second-order valence-electron chi connectivity index (χ2n) is 4.76. The fourth-order valence-corrected chi connectivity index (χ4v) is 2.70. The third-order valence-electron chi connectivity index (χ3n) is 3.30. The molecule has 6 nitrogen and oxygen atoms in total. The predicted molar refractivity (Wildman–Crippen MR) is 84.2 cm³/mol. The van der Waals surface area contributed by atoms with Crippen LogP contribution >= 0.6 is 0 Å². The normalized spacial score (nSPS) is 11.2. The Kier molecular flexibility index (Phi) is 4.89. The van der Waals surface area contributed by atoms with E-state index in [1.807, 2.05) is 25.1 Å². The standard InChI is InChI=1S/C15H17N3O3S/c1-2-18(14-8-6-13(17-16)7-9-14)11-12-4-3-5-15(10-12)22(19,20)21/h3-10,16H,2,11H2,1H3,(H,19,20,21). The third-order valence-corrected chi connectivity index (χ3v) is 4.15. The Morgan fingerprint density at radius 1 is 1.18 bits per heavy atom. The van der Waals surface area contributed by atoms with Gasteiger partial charge in [0.15, 0.2) is 0 Å². The third kappa shape index (κ3) is 3.90. The molecule has 0 amide bonds. The van der Waals surface area contributed by atoms with Crippen molar-refractivity contribution in [3.63, 3.8) is 0 Å². The number of nitrogens with zero attached hydrogens (tertiary/aromatic N) is 2. The van der Waals surface area contributed by atoms with Crippen LogP contribution in [0.1, 0.15) is 12.5 Å². The number of rotatable bonds is 6. The molecule has 0 radical (unpaired) electrons. The van der Waals surface area contributed by atoms with Gasteiger partial charge < -0.3 is 4.90 Å². The van der Waals surface area contributed by atoms with Crippen molar-refractivity contribution in [1.29, 1.82) is 5.53 Å². The minimum atomic E-state index is -4.19. The molecule has 2 aromatic carbocycles. The second-order valence-corrected chi connectivity index (χ2v) is 6.19. The lowest BCUT2D eigenvalue weighted by Crippen LogP contribution is -2.22. The molecule has 0 spiro atoms. The van der Waals surface area contributed by atoms with Crippen LogP contribution in [-0.4, -0.2) is 19.5 Å². The fraction of sp³-hybridized carbons (Fsp3) is 0.200. The molecule has 2 N–H and O–H groups in total. The first-order valence-corrected chi connectivity index (χ1v) is 8.17. The lowest BCUT2D eigenvalue weighted by atomic mass is 10.2. The van der Waals surface area contributed by atoms with Crippen molar-refractivity contribution in [2.24, 2.45) is 5.11 Å². The summed E-state index contributed by atoms with van der Waals surface area (Å²) in [6.07, 6.45) is 0. The maximum absolute atomic E-state index is 11.2. The van der Waals surface area contributed by atoms with Crippen molar-refractivity contribution in [2.75, 3.05) is 11.4 Å². The minimum Gasteiger partial charge on any atom is -0.367 e. The summed E-state index contributed by atoms with van der Waals surface area (Å²) in [6.45, 7) is 3.24. The quantitative estimate of drug-likeness (QED) is 0.628. The van der Waals surface area contributed by atoms with Crippen LogP contribution in [0.4, 0.5) is 11.4 Å². The second kappa shape index (κ2) is 6.67. The number of benzene rings is 2. The molecule has 2 aromatic rings. The zero-order chi connectivity index (χ0) is 16.2. The van der Waals surface area contributed by atoms with Crippen LogP contribution in [0.25, 0.3) is 0 Å². The highest BCUT2D eigenvalue weighted by Crippen LogP contribution is 2.22. The first-order valence-electron chi connectivity index (χ1n) is 6.73. The average molecular weight is 319 g/mol. The Morgan fingerprint density at radius 2 is 1.86 bits per heavy atom. The van der Waals surface area contributed by atoms with Crippen molar-refractivity contribution in [3.8, 4) is 0 Å². The van der Waals surface area contributed by atoms with Crippen molar-refractivity contribution < 1.29 is 13.0 Å². The van der Waals surface area contributed by atoms with E-state index in [-0.39, 0.29) is 4.90 Å². The van der Waals surface area contributed by atoms with Crippen molar-refractivity contribution in [3.05, 3.63) is 54.1 Å². The van der Waals surface area contributed by atoms with Gasteiger partial charge in [0.2, 0.25) is 0 Å². The van der Waals surface area contributed by atoms with Crippen LogP contribution in [0.2, 0.25) is 0 Å². The van der Waals surface area contributed by atoms with Crippen LogP contribution in [-0.2, 0) is 16.7 Å². The van der Waals surface area contributed by atoms with E-state index in [1.54, 1.807) is 18.2 Å². The lowest BCUT2D eigenvalue weighted by molar-refractivity contribution is 0.483. The summed E-state index contributed by atoms with van der Waals surface area (Å²) in [6, 6.07) is 13.5. The number of hydrogen-bond acceptors (Lipinski definition) is 5. The first-order chi connectivity index (χ1) is 10.4. The van der Waals surface area contributed by atoms with E-state index >= 15 is 0 Å². The molecule has 2 rings (SSSR count). The van der Waals surface area contributed by atoms with Gasteiger partial charge in [-0.3, -0.25) is 4.55 Å². The van der Waals surface area contributed by atoms with E-state index in [0.717, 1.165) is 17.8 Å². The highest BCUT2D eigenvalue weighted by molar-refractivity contribution is 7.85. The highest BCUT2D eigenvalue weighted by Gasteiger charge is 2.11. The molecule has 0 bridgehead atoms. The van der Waals surface area contributed by atoms with Gasteiger partial charge in [-0.15, -0.1) is 0 Å². The van der Waals surface area contributed by atoms with E-state index in [9.17, 15) is 8.42 Å². The van der Waals surface area contributed by atoms with E-state index in [2.05, 4.69) is 10.0 Å². The molecule has 0 aromatic heterocycles. The molecule has 0 saturated heterocycles. The van der Waals surface area contributed by atoms with Crippen LogP contribution < -0.4 is 4.90 Å². The molecule has 0 saturated carbocycles. The molecular weight excluding hydrogens is 302 g/mol. The SMILES string of the molecule is CCN(Cc1cccc(S(=O)(=O)O)c1)c1ccc(N=N)cc1. The summed E-state index contributed by atoms with van der Waals surface area (Å²) in [7, 11) is -4.19. The first kappa shape index (κ1) is 16.1. The molecule has 0 unspecified atom stereocenters. The zero-order valence-electron chi connectivity index (χ0n) is 12.1. The van der Waals surface area contributed by atoms with Gasteiger partial charge in [0, 0.05) is 18.8 Å². The van der Waals surface area contributed by atoms with Crippen molar-refractivity contribution in [1.82, 2.24) is 0 Å². The molecule has 0 fully saturated rings. The topological polar surface area (TPSA) is 93.8 Å². The molecule has 0 aliphatic carbocycles. The van der Waals surface area contributed by atoms with Crippen LogP contribution in [0.5, 0.6) is 0 Å². The Hall–Kier alpha value is -2.25. The summed E-state index contributed by atoms with van der Waals surface area (Å²) < 4.78 is 31.5. The van der Waals surface area contributed by atoms with E-state index < -0.39 is 10.1 Å². The number of hydrogen-bond donors (Lipinski definition) is 2. The van der Waals surface area contributed by atoms with Gasteiger partial charge in [-0.1, -0.05) is 12.1 Å². The van der Waals surface area contributed by atoms with Crippen LogP contribution in [0.15, 0.2) is 58.5 Å². The molecule has 0 aliphatic rings. The fourth-order valence-electron chi connectivity index (χ4n) is 2.15. The molecule has 22 heavy (non-hydrogen) atoms. The van der Waals surface area contributed by atoms with Crippen LogP contribution in [0, 0.1) is 5.53 Å². The van der Waals surface area contributed by atoms with Gasteiger partial charge in [-0.05, 0) is 48.9 Å². The smallest absolute Gasteiger partial charge is 0.294 e. The minimum absolute atomic E-state index is 0.107. The summed E-state index contributed by atoms with van der Waals surface area (Å²) in [5.74, 6) is 0. The summed E-state index contributed by atoms with van der Waals surface area (Å²) in [5.41, 5.74) is 9.27. The number of nitrogens with one attached hydrogen (secondary N) is 1. The molecule has 0 atom stereocenters. The summed E-state index contributed by atoms with van der Waals surface area (Å²) >= 11 is 0. The predicted octanol–water partition coefficient (Wildman–Crippen LogP) is 3.62. The van der Waals surface area contributed by atoms with Gasteiger partial charge in [0.05, 0.1) is 10.6 Å². The maximum Gasteiger partial charge on any atom is 0.294 e. The van der Waals surface area contributed by atoms with Gasteiger partial charge in [-0.2, -0.15) is 13.5 Å². The molecule has 7 heteroatoms.